The number of ether oxygens (including phenoxy) is 1. The van der Waals surface area contributed by atoms with Gasteiger partial charge in [0.15, 0.2) is 0 Å². The van der Waals surface area contributed by atoms with Crippen LogP contribution in [0.1, 0.15) is 25.3 Å². The average Bonchev–Trinajstić information content (AvgIpc) is 2.72. The number of hydrogen-bond donors (Lipinski definition) is 1. The van der Waals surface area contributed by atoms with Crippen molar-refractivity contribution < 1.29 is 14.3 Å². The van der Waals surface area contributed by atoms with E-state index in [1.165, 1.54) is 0 Å². The van der Waals surface area contributed by atoms with Crippen LogP contribution in [0.4, 0.5) is 0 Å². The Hall–Kier alpha value is -1.55. The number of carbonyl (C=O) groups excluding carboxylic acids is 2. The molecule has 1 aliphatic rings. The Morgan fingerprint density at radius 3 is 2.89 bits per heavy atom. The topological polar surface area (TPSA) is 55.4 Å². The summed E-state index contributed by atoms with van der Waals surface area (Å²) in [5, 5.41) is 3.38. The van der Waals surface area contributed by atoms with E-state index >= 15 is 0 Å². The third-order valence-corrected chi connectivity index (χ3v) is 3.58. The normalized spacial score (nSPS) is 22.1. The lowest BCUT2D eigenvalue weighted by Gasteiger charge is -2.26. The van der Waals surface area contributed by atoms with E-state index in [0.717, 1.165) is 5.56 Å². The molecule has 1 N–H and O–H groups in total. The SMILES string of the molecule is CCOC(=O)CC1(c2cccc(Cl)c2)CNC(=O)C1. The van der Waals surface area contributed by atoms with E-state index in [0.29, 0.717) is 18.2 Å². The summed E-state index contributed by atoms with van der Waals surface area (Å²) in [6.45, 7) is 2.54. The monoisotopic (exact) mass is 281 g/mol. The number of hydrogen-bond acceptors (Lipinski definition) is 3. The summed E-state index contributed by atoms with van der Waals surface area (Å²) >= 11 is 6.00. The van der Waals surface area contributed by atoms with Crippen LogP contribution in [0.15, 0.2) is 24.3 Å². The fraction of sp³-hybridized carbons (Fsp3) is 0.429. The van der Waals surface area contributed by atoms with E-state index in [9.17, 15) is 9.59 Å². The van der Waals surface area contributed by atoms with Crippen LogP contribution in [0.25, 0.3) is 0 Å². The molecule has 1 saturated heterocycles. The van der Waals surface area contributed by atoms with E-state index in [4.69, 9.17) is 16.3 Å². The van der Waals surface area contributed by atoms with Crippen LogP contribution in [0.2, 0.25) is 5.02 Å². The standard InChI is InChI=1S/C14H16ClNO3/c1-2-19-13(18)8-14(7-12(17)16-9-14)10-4-3-5-11(15)6-10/h3-6H,2,7-9H2,1H3,(H,16,17). The molecule has 0 saturated carbocycles. The number of benzene rings is 1. The van der Waals surface area contributed by atoms with Gasteiger partial charge >= 0.3 is 5.97 Å². The van der Waals surface area contributed by atoms with Crippen molar-refractivity contribution in [1.29, 1.82) is 0 Å². The van der Waals surface area contributed by atoms with Crippen molar-refractivity contribution in [2.75, 3.05) is 13.2 Å². The highest BCUT2D eigenvalue weighted by atomic mass is 35.5. The Balaban J connectivity index is 2.30. The first-order chi connectivity index (χ1) is 9.05. The summed E-state index contributed by atoms with van der Waals surface area (Å²) in [6, 6.07) is 7.30. The molecule has 0 aliphatic carbocycles. The quantitative estimate of drug-likeness (QED) is 0.860. The van der Waals surface area contributed by atoms with Crippen molar-refractivity contribution >= 4 is 23.5 Å². The Bertz CT molecular complexity index is 503. The Kier molecular flexibility index (Phi) is 4.10. The Labute approximate surface area is 117 Å². The molecule has 1 fully saturated rings. The predicted octanol–water partition coefficient (Wildman–Crippen LogP) is 2.05. The molecule has 102 valence electrons. The summed E-state index contributed by atoms with van der Waals surface area (Å²) in [5.41, 5.74) is 0.347. The third-order valence-electron chi connectivity index (χ3n) is 3.35. The highest BCUT2D eigenvalue weighted by Gasteiger charge is 2.42. The maximum Gasteiger partial charge on any atom is 0.306 e. The summed E-state index contributed by atoms with van der Waals surface area (Å²) in [7, 11) is 0. The molecule has 4 nitrogen and oxygen atoms in total. The number of esters is 1. The van der Waals surface area contributed by atoms with Crippen LogP contribution in [-0.2, 0) is 19.7 Å². The van der Waals surface area contributed by atoms with Gasteiger partial charge < -0.3 is 10.1 Å². The zero-order valence-corrected chi connectivity index (χ0v) is 11.5. The van der Waals surface area contributed by atoms with Crippen LogP contribution >= 0.6 is 11.6 Å². The molecule has 0 spiro atoms. The van der Waals surface area contributed by atoms with Crippen molar-refractivity contribution in [2.45, 2.75) is 25.2 Å². The van der Waals surface area contributed by atoms with Gasteiger partial charge in [0, 0.05) is 23.4 Å². The summed E-state index contributed by atoms with van der Waals surface area (Å²) in [5.74, 6) is -0.344. The minimum absolute atomic E-state index is 0.0516. The highest BCUT2D eigenvalue weighted by Crippen LogP contribution is 2.36. The van der Waals surface area contributed by atoms with Crippen molar-refractivity contribution in [3.63, 3.8) is 0 Å². The number of rotatable bonds is 4. The molecule has 1 amide bonds. The van der Waals surface area contributed by atoms with E-state index in [2.05, 4.69) is 5.32 Å². The molecule has 19 heavy (non-hydrogen) atoms. The summed E-state index contributed by atoms with van der Waals surface area (Å²) in [4.78, 5) is 23.3. The van der Waals surface area contributed by atoms with Crippen molar-refractivity contribution in [3.05, 3.63) is 34.9 Å². The van der Waals surface area contributed by atoms with Gasteiger partial charge in [-0.15, -0.1) is 0 Å². The molecule has 1 aromatic carbocycles. The molecule has 2 rings (SSSR count). The largest absolute Gasteiger partial charge is 0.466 e. The first-order valence-corrected chi connectivity index (χ1v) is 6.62. The van der Waals surface area contributed by atoms with Gasteiger partial charge in [-0.2, -0.15) is 0 Å². The maximum atomic E-state index is 11.8. The van der Waals surface area contributed by atoms with E-state index in [-0.39, 0.29) is 24.7 Å². The molecule has 1 aromatic rings. The Morgan fingerprint density at radius 2 is 2.32 bits per heavy atom. The average molecular weight is 282 g/mol. The van der Waals surface area contributed by atoms with Crippen LogP contribution in [0.5, 0.6) is 0 Å². The van der Waals surface area contributed by atoms with Gasteiger partial charge in [-0.3, -0.25) is 9.59 Å². The third kappa shape index (κ3) is 3.07. The second kappa shape index (κ2) is 5.61. The lowest BCUT2D eigenvalue weighted by molar-refractivity contribution is -0.144. The number of nitrogens with one attached hydrogen (secondary N) is 1. The fourth-order valence-electron chi connectivity index (χ4n) is 2.44. The van der Waals surface area contributed by atoms with Gasteiger partial charge in [0.25, 0.3) is 0 Å². The first-order valence-electron chi connectivity index (χ1n) is 6.24. The molecule has 1 heterocycles. The summed E-state index contributed by atoms with van der Waals surface area (Å²) < 4.78 is 5.00. The first kappa shape index (κ1) is 13.9. The van der Waals surface area contributed by atoms with E-state index in [1.807, 2.05) is 12.1 Å². The number of halogens is 1. The lowest BCUT2D eigenvalue weighted by Crippen LogP contribution is -2.32. The molecule has 0 aromatic heterocycles. The minimum atomic E-state index is -0.547. The van der Waals surface area contributed by atoms with E-state index < -0.39 is 5.41 Å². The van der Waals surface area contributed by atoms with Crippen molar-refractivity contribution in [2.24, 2.45) is 0 Å². The zero-order chi connectivity index (χ0) is 13.9. The van der Waals surface area contributed by atoms with Crippen LogP contribution in [0, 0.1) is 0 Å². The van der Waals surface area contributed by atoms with Crippen LogP contribution in [0.3, 0.4) is 0 Å². The van der Waals surface area contributed by atoms with Gasteiger partial charge in [0.2, 0.25) is 5.91 Å². The highest BCUT2D eigenvalue weighted by molar-refractivity contribution is 6.30. The second-order valence-electron chi connectivity index (χ2n) is 4.73. The maximum absolute atomic E-state index is 11.8. The van der Waals surface area contributed by atoms with Gasteiger partial charge in [-0.1, -0.05) is 23.7 Å². The molecule has 1 aliphatic heterocycles. The van der Waals surface area contributed by atoms with E-state index in [1.54, 1.807) is 19.1 Å². The van der Waals surface area contributed by atoms with Gasteiger partial charge in [0.05, 0.1) is 13.0 Å². The molecule has 1 atom stereocenters. The van der Waals surface area contributed by atoms with Crippen molar-refractivity contribution in [3.8, 4) is 0 Å². The minimum Gasteiger partial charge on any atom is -0.466 e. The van der Waals surface area contributed by atoms with Crippen LogP contribution < -0.4 is 5.32 Å². The molecule has 1 unspecified atom stereocenters. The predicted molar refractivity (Wildman–Crippen MR) is 72.0 cm³/mol. The summed E-state index contributed by atoms with van der Waals surface area (Å²) in [6.07, 6.45) is 0.464. The lowest BCUT2D eigenvalue weighted by atomic mass is 9.77. The smallest absolute Gasteiger partial charge is 0.306 e. The van der Waals surface area contributed by atoms with Crippen molar-refractivity contribution in [1.82, 2.24) is 5.32 Å². The van der Waals surface area contributed by atoms with Gasteiger partial charge in [-0.25, -0.2) is 0 Å². The number of amides is 1. The second-order valence-corrected chi connectivity index (χ2v) is 5.16. The fourth-order valence-corrected chi connectivity index (χ4v) is 2.63. The molecule has 5 heteroatoms. The number of carbonyl (C=O) groups is 2. The molecule has 0 bridgehead atoms. The van der Waals surface area contributed by atoms with Crippen LogP contribution in [-0.4, -0.2) is 25.0 Å². The Morgan fingerprint density at radius 1 is 1.53 bits per heavy atom. The van der Waals surface area contributed by atoms with Gasteiger partial charge in [0.1, 0.15) is 0 Å². The molecular formula is C14H16ClNO3. The zero-order valence-electron chi connectivity index (χ0n) is 10.7. The molecular weight excluding hydrogens is 266 g/mol. The van der Waals surface area contributed by atoms with Gasteiger partial charge in [-0.05, 0) is 24.6 Å². The molecule has 0 radical (unpaired) electrons.